The lowest BCUT2D eigenvalue weighted by Gasteiger charge is -2.28. The molecule has 1 aromatic carbocycles. The van der Waals surface area contributed by atoms with Crippen molar-refractivity contribution in [3.8, 4) is 0 Å². The van der Waals surface area contributed by atoms with E-state index in [4.69, 9.17) is 0 Å². The molecule has 2 atom stereocenters. The minimum Gasteiger partial charge on any atom is -0.325 e. The highest BCUT2D eigenvalue weighted by Crippen LogP contribution is 2.21. The molecule has 0 bridgehead atoms. The van der Waals surface area contributed by atoms with E-state index in [0.29, 0.717) is 16.1 Å². The maximum absolute atomic E-state index is 13.1. The first-order valence-electron chi connectivity index (χ1n) is 6.07. The van der Waals surface area contributed by atoms with Crippen LogP contribution in [0, 0.1) is 11.7 Å². The summed E-state index contributed by atoms with van der Waals surface area (Å²) in [5.41, 5.74) is 0.604. The highest BCUT2D eigenvalue weighted by Gasteiger charge is 2.27. The summed E-state index contributed by atoms with van der Waals surface area (Å²) in [5.74, 6) is -0.0690. The van der Waals surface area contributed by atoms with Crippen LogP contribution in [-0.4, -0.2) is 18.5 Å². The van der Waals surface area contributed by atoms with E-state index in [-0.39, 0.29) is 17.8 Å². The predicted molar refractivity (Wildman–Crippen MR) is 72.9 cm³/mol. The summed E-state index contributed by atoms with van der Waals surface area (Å²) in [5, 5.41) is 6.03. The smallest absolute Gasteiger partial charge is 0.241 e. The van der Waals surface area contributed by atoms with E-state index >= 15 is 0 Å². The molecule has 98 valence electrons. The van der Waals surface area contributed by atoms with Gasteiger partial charge in [0.1, 0.15) is 5.82 Å². The van der Waals surface area contributed by atoms with E-state index in [2.05, 4.69) is 33.5 Å². The number of piperidine rings is 1. The molecule has 0 radical (unpaired) electrons. The number of amides is 1. The van der Waals surface area contributed by atoms with Gasteiger partial charge in [0.25, 0.3) is 0 Å². The van der Waals surface area contributed by atoms with Crippen LogP contribution in [0.15, 0.2) is 22.7 Å². The molecule has 1 heterocycles. The fourth-order valence-electron chi connectivity index (χ4n) is 2.19. The number of carbonyl (C=O) groups excluding carboxylic acids is 1. The van der Waals surface area contributed by atoms with Crippen molar-refractivity contribution in [2.75, 3.05) is 11.9 Å². The second-order valence-corrected chi connectivity index (χ2v) is 5.52. The molecule has 2 N–H and O–H groups in total. The molecule has 0 aliphatic carbocycles. The lowest BCUT2D eigenvalue weighted by atomic mass is 9.92. The first-order valence-corrected chi connectivity index (χ1v) is 6.86. The molecule has 1 saturated heterocycles. The highest BCUT2D eigenvalue weighted by molar-refractivity contribution is 9.10. The van der Waals surface area contributed by atoms with Crippen LogP contribution in [0.25, 0.3) is 0 Å². The fourth-order valence-corrected chi connectivity index (χ4v) is 2.57. The maximum Gasteiger partial charge on any atom is 0.241 e. The van der Waals surface area contributed by atoms with Gasteiger partial charge in [0, 0.05) is 5.69 Å². The van der Waals surface area contributed by atoms with E-state index in [9.17, 15) is 9.18 Å². The zero-order valence-electron chi connectivity index (χ0n) is 10.2. The molecule has 0 spiro atoms. The van der Waals surface area contributed by atoms with Crippen LogP contribution in [0.5, 0.6) is 0 Å². The van der Waals surface area contributed by atoms with Crippen molar-refractivity contribution in [2.45, 2.75) is 25.8 Å². The number of halogens is 2. The first kappa shape index (κ1) is 13.5. The van der Waals surface area contributed by atoms with E-state index < -0.39 is 0 Å². The van der Waals surface area contributed by atoms with Gasteiger partial charge in [-0.3, -0.25) is 4.79 Å². The number of anilines is 1. The fraction of sp³-hybridized carbons (Fsp3) is 0.462. The molecule has 2 rings (SSSR count). The summed E-state index contributed by atoms with van der Waals surface area (Å²) in [6, 6.07) is 4.30. The van der Waals surface area contributed by atoms with Gasteiger partial charge in [-0.2, -0.15) is 0 Å². The van der Waals surface area contributed by atoms with Gasteiger partial charge < -0.3 is 10.6 Å². The molecule has 5 heteroatoms. The van der Waals surface area contributed by atoms with Crippen molar-refractivity contribution in [1.29, 1.82) is 0 Å². The molecule has 3 nitrogen and oxygen atoms in total. The Kier molecular flexibility index (Phi) is 4.35. The molecule has 1 aromatic rings. The number of hydrogen-bond donors (Lipinski definition) is 2. The Hall–Kier alpha value is -0.940. The lowest BCUT2D eigenvalue weighted by Crippen LogP contribution is -2.48. The van der Waals surface area contributed by atoms with Crippen LogP contribution < -0.4 is 10.6 Å². The zero-order valence-corrected chi connectivity index (χ0v) is 11.8. The van der Waals surface area contributed by atoms with Gasteiger partial charge in [-0.25, -0.2) is 4.39 Å². The third-order valence-electron chi connectivity index (χ3n) is 3.24. The van der Waals surface area contributed by atoms with Crippen LogP contribution in [-0.2, 0) is 4.79 Å². The summed E-state index contributed by atoms with van der Waals surface area (Å²) in [6.07, 6.45) is 2.16. The van der Waals surface area contributed by atoms with Crippen LogP contribution >= 0.6 is 15.9 Å². The van der Waals surface area contributed by atoms with E-state index in [1.54, 1.807) is 12.1 Å². The minimum absolute atomic E-state index is 0.0549. The topological polar surface area (TPSA) is 41.1 Å². The summed E-state index contributed by atoms with van der Waals surface area (Å²) in [7, 11) is 0. The van der Waals surface area contributed by atoms with Crippen LogP contribution in [0.4, 0.5) is 10.1 Å². The molecule has 2 unspecified atom stereocenters. The van der Waals surface area contributed by atoms with Gasteiger partial charge in [0.15, 0.2) is 0 Å². The minimum atomic E-state index is -0.336. The molecule has 1 aliphatic rings. The summed E-state index contributed by atoms with van der Waals surface area (Å²) >= 11 is 3.10. The average Bonchev–Trinajstić information content (AvgIpc) is 2.34. The first-order chi connectivity index (χ1) is 8.58. The molecule has 18 heavy (non-hydrogen) atoms. The van der Waals surface area contributed by atoms with Crippen molar-refractivity contribution in [2.24, 2.45) is 5.92 Å². The van der Waals surface area contributed by atoms with E-state index in [0.717, 1.165) is 19.4 Å². The van der Waals surface area contributed by atoms with Gasteiger partial charge in [-0.15, -0.1) is 0 Å². The van der Waals surface area contributed by atoms with Crippen molar-refractivity contribution < 1.29 is 9.18 Å². The Balaban J connectivity index is 2.04. The number of hydrogen-bond acceptors (Lipinski definition) is 2. The quantitative estimate of drug-likeness (QED) is 0.881. The molecule has 1 fully saturated rings. The second-order valence-electron chi connectivity index (χ2n) is 4.67. The summed E-state index contributed by atoms with van der Waals surface area (Å²) in [6.45, 7) is 2.94. The number of carbonyl (C=O) groups is 1. The van der Waals surface area contributed by atoms with Crippen LogP contribution in [0.2, 0.25) is 0 Å². The van der Waals surface area contributed by atoms with Gasteiger partial charge in [-0.05, 0) is 59.4 Å². The average molecular weight is 315 g/mol. The lowest BCUT2D eigenvalue weighted by molar-refractivity contribution is -0.119. The number of benzene rings is 1. The van der Waals surface area contributed by atoms with Gasteiger partial charge in [0.05, 0.1) is 10.5 Å². The Bertz CT molecular complexity index is 453. The van der Waals surface area contributed by atoms with Crippen molar-refractivity contribution >= 4 is 27.5 Å². The molecular formula is C13H16BrFN2O. The maximum atomic E-state index is 13.1. The zero-order chi connectivity index (χ0) is 13.1. The molecule has 0 saturated carbocycles. The Morgan fingerprint density at radius 1 is 1.56 bits per heavy atom. The van der Waals surface area contributed by atoms with Gasteiger partial charge in [-0.1, -0.05) is 6.92 Å². The predicted octanol–water partition coefficient (Wildman–Crippen LogP) is 2.91. The molecular weight excluding hydrogens is 299 g/mol. The van der Waals surface area contributed by atoms with Crippen LogP contribution in [0.3, 0.4) is 0 Å². The Labute approximate surface area is 114 Å². The van der Waals surface area contributed by atoms with Crippen molar-refractivity contribution in [3.05, 3.63) is 28.5 Å². The number of rotatable bonds is 2. The second kappa shape index (κ2) is 5.80. The van der Waals surface area contributed by atoms with Crippen molar-refractivity contribution in [3.63, 3.8) is 0 Å². The largest absolute Gasteiger partial charge is 0.325 e. The SMILES string of the molecule is CC1CCCNC1C(=O)Nc1ccc(F)c(Br)c1. The monoisotopic (exact) mass is 314 g/mol. The van der Waals surface area contributed by atoms with E-state index in [1.807, 2.05) is 0 Å². The third kappa shape index (κ3) is 3.09. The third-order valence-corrected chi connectivity index (χ3v) is 3.85. The Morgan fingerprint density at radius 3 is 3.00 bits per heavy atom. The Morgan fingerprint density at radius 2 is 2.33 bits per heavy atom. The standard InChI is InChI=1S/C13H16BrFN2O/c1-8-3-2-6-16-12(8)13(18)17-9-4-5-11(15)10(14)7-9/h4-5,7-8,12,16H,2-3,6H2,1H3,(H,17,18). The van der Waals surface area contributed by atoms with E-state index in [1.165, 1.54) is 6.07 Å². The van der Waals surface area contributed by atoms with Crippen molar-refractivity contribution in [1.82, 2.24) is 5.32 Å². The van der Waals surface area contributed by atoms with Gasteiger partial charge >= 0.3 is 0 Å². The molecule has 0 aromatic heterocycles. The molecule has 1 amide bonds. The normalized spacial score (nSPS) is 23.7. The number of nitrogens with one attached hydrogen (secondary N) is 2. The molecule has 1 aliphatic heterocycles. The summed E-state index contributed by atoms with van der Waals surface area (Å²) in [4.78, 5) is 12.1. The van der Waals surface area contributed by atoms with Gasteiger partial charge in [0.2, 0.25) is 5.91 Å². The highest BCUT2D eigenvalue weighted by atomic mass is 79.9. The van der Waals surface area contributed by atoms with Crippen LogP contribution in [0.1, 0.15) is 19.8 Å². The summed E-state index contributed by atoms with van der Waals surface area (Å²) < 4.78 is 13.4.